The molecule has 6 aliphatic heterocycles. The summed E-state index contributed by atoms with van der Waals surface area (Å²) in [6, 6.07) is 36.6. The first kappa shape index (κ1) is 85.5. The molecule has 0 aliphatic carbocycles. The molecule has 0 aromatic heterocycles. The minimum atomic E-state index is -1.26. The molecular formula is C85H102Cl9N9O7. The summed E-state index contributed by atoms with van der Waals surface area (Å²) in [5.41, 5.74) is 2.33. The topological polar surface area (TPSA) is 161 Å². The van der Waals surface area contributed by atoms with Gasteiger partial charge in [0, 0.05) is 147 Å². The van der Waals surface area contributed by atoms with Gasteiger partial charge in [0.25, 0.3) is 0 Å². The molecule has 6 amide bonds. The van der Waals surface area contributed by atoms with Crippen LogP contribution in [0, 0.1) is 12.8 Å². The van der Waals surface area contributed by atoms with Crippen molar-refractivity contribution in [2.24, 2.45) is 5.92 Å². The molecule has 6 aromatic rings. The summed E-state index contributed by atoms with van der Waals surface area (Å²) in [6.45, 7) is 16.4. The first-order valence-electron chi connectivity index (χ1n) is 38.6. The monoisotopic (exact) mass is 1680 g/mol. The van der Waals surface area contributed by atoms with E-state index in [1.165, 1.54) is 0 Å². The van der Waals surface area contributed by atoms with Crippen molar-refractivity contribution >= 4 is 140 Å². The highest BCUT2D eigenvalue weighted by molar-refractivity contribution is 6.43. The van der Waals surface area contributed by atoms with Crippen LogP contribution in [-0.4, -0.2) is 197 Å². The highest BCUT2D eigenvalue weighted by Gasteiger charge is 2.54. The van der Waals surface area contributed by atoms with Crippen LogP contribution in [0.3, 0.4) is 0 Å². The van der Waals surface area contributed by atoms with Crippen molar-refractivity contribution in [3.05, 3.63) is 205 Å². The third kappa shape index (κ3) is 19.9. The third-order valence-electron chi connectivity index (χ3n) is 24.4. The molecule has 0 radical (unpaired) electrons. The van der Waals surface area contributed by atoms with Crippen molar-refractivity contribution in [2.75, 3.05) is 92.7 Å². The van der Waals surface area contributed by atoms with Gasteiger partial charge < -0.3 is 44.7 Å². The number of amides is 6. The minimum absolute atomic E-state index is 0.0926. The molecule has 592 valence electrons. The number of halogens is 9. The second-order valence-electron chi connectivity index (χ2n) is 31.6. The Balaban J connectivity index is 0.000000265. The number of likely N-dealkylation sites (N-methyl/N-ethyl adjacent to an activating group) is 2. The molecule has 16 nitrogen and oxygen atoms in total. The molecule has 25 heteroatoms. The number of likely N-dealkylation sites (tertiary alicyclic amines) is 6. The third-order valence-corrected chi connectivity index (χ3v) is 27.7. The van der Waals surface area contributed by atoms with Crippen LogP contribution in [0.1, 0.15) is 156 Å². The largest absolute Gasteiger partial charge is 0.394 e. The van der Waals surface area contributed by atoms with Crippen LogP contribution in [0.15, 0.2) is 121 Å². The number of nitrogens with one attached hydrogen (secondary N) is 1. The number of piperidine rings is 3. The fraction of sp³-hybridized carbons (Fsp3) is 0.506. The molecule has 0 bridgehead atoms. The van der Waals surface area contributed by atoms with Crippen LogP contribution < -0.4 is 5.32 Å². The zero-order chi connectivity index (χ0) is 78.9. The summed E-state index contributed by atoms with van der Waals surface area (Å²) < 4.78 is 0. The van der Waals surface area contributed by atoms with Gasteiger partial charge in [-0.25, -0.2) is 0 Å². The maximum Gasteiger partial charge on any atom is 0.233 e. The summed E-state index contributed by atoms with van der Waals surface area (Å²) in [5.74, 6) is -0.240. The van der Waals surface area contributed by atoms with Gasteiger partial charge in [0.2, 0.25) is 35.4 Å². The van der Waals surface area contributed by atoms with E-state index in [-0.39, 0.29) is 60.7 Å². The van der Waals surface area contributed by atoms with Crippen LogP contribution in [0.5, 0.6) is 0 Å². The van der Waals surface area contributed by atoms with Gasteiger partial charge in [-0.2, -0.15) is 0 Å². The standard InChI is InChI=1S/C57H69Cl5N6O4.C28H33Cl4N3O3/c1-38-14-16-39(17-15-38)35-63(4)55(72)57(3,42-19-21-48(60)50(62)33-42)45(37-65-28-22-43(23-29-65)67-26-8-12-52(67)69)51(66-30-24-44(25-31-66)68-27-9-13-53(68)70)34-56(2,41-18-20-47(59)49(61)32-41)54(71)64(5)36-40-10-6-7-11-46(40)58;1-28(19-5-7-22(30)24(32)16-19,27(38)33-25(17-36)18-4-6-21(29)23(31)15-18)10-14-34-12-8-20(9-13-34)35-11-2-3-26(35)37/h6-7,10-11,14-21,32-33,43-45,51H,8-9,12-13,22-31,34-37H2,1-5H3;4-7,15-16,20,25,36H,2-3,8-14,17H2,1H3,(H,33,38). The van der Waals surface area contributed by atoms with Crippen molar-refractivity contribution in [3.8, 4) is 0 Å². The fourth-order valence-corrected chi connectivity index (χ4v) is 19.1. The first-order chi connectivity index (χ1) is 52.5. The van der Waals surface area contributed by atoms with Gasteiger partial charge in [0.05, 0.1) is 69.1 Å². The van der Waals surface area contributed by atoms with Crippen molar-refractivity contribution in [3.63, 3.8) is 0 Å². The fourth-order valence-electron chi connectivity index (χ4n) is 17.7. The summed E-state index contributed by atoms with van der Waals surface area (Å²) >= 11 is 58.8. The Hall–Kier alpha value is -5.41. The SMILES string of the molecule is CC(CCN1CCC(N2CCCC2=O)CC1)(C(=O)NC(CO)c1ccc(Cl)c(Cl)c1)c1ccc(Cl)c(Cl)c1.Cc1ccc(CN(C)C(=O)C(C)(c2ccc(Cl)c(Cl)c2)C(CN2CCC(N3CCCC3=O)CC2)C(CC(C)(C(=O)N(C)Cc2ccccc2Cl)c2ccc(Cl)c(Cl)c2)N2CCC(N3CCCC3=O)CC2)cc1. The summed E-state index contributed by atoms with van der Waals surface area (Å²) in [6.07, 6.45) is 10.3. The Labute approximate surface area is 694 Å². The van der Waals surface area contributed by atoms with E-state index >= 15 is 9.59 Å². The van der Waals surface area contributed by atoms with Gasteiger partial charge in [-0.15, -0.1) is 0 Å². The highest BCUT2D eigenvalue weighted by Crippen LogP contribution is 2.48. The van der Waals surface area contributed by atoms with Gasteiger partial charge in [-0.05, 0) is 193 Å². The lowest BCUT2D eigenvalue weighted by Gasteiger charge is -2.52. The van der Waals surface area contributed by atoms with Crippen molar-refractivity contribution < 1.29 is 33.9 Å². The molecule has 6 heterocycles. The smallest absolute Gasteiger partial charge is 0.233 e. The van der Waals surface area contributed by atoms with Crippen molar-refractivity contribution in [1.82, 2.24) is 44.5 Å². The van der Waals surface area contributed by atoms with E-state index in [9.17, 15) is 24.3 Å². The molecule has 6 saturated heterocycles. The van der Waals surface area contributed by atoms with E-state index in [4.69, 9.17) is 104 Å². The molecule has 6 atom stereocenters. The maximum absolute atomic E-state index is 16.2. The molecule has 6 aliphatic rings. The zero-order valence-corrected chi connectivity index (χ0v) is 70.5. The van der Waals surface area contributed by atoms with Crippen molar-refractivity contribution in [1.29, 1.82) is 0 Å². The molecule has 0 saturated carbocycles. The second kappa shape index (κ2) is 37.9. The van der Waals surface area contributed by atoms with Gasteiger partial charge in [-0.1, -0.05) is 177 Å². The lowest BCUT2D eigenvalue weighted by atomic mass is 9.63. The number of hydrogen-bond acceptors (Lipinski definition) is 10. The molecule has 2 N–H and O–H groups in total. The van der Waals surface area contributed by atoms with E-state index in [0.717, 1.165) is 131 Å². The van der Waals surface area contributed by atoms with Gasteiger partial charge in [-0.3, -0.25) is 33.7 Å². The van der Waals surface area contributed by atoms with Crippen LogP contribution in [-0.2, 0) is 58.1 Å². The Bertz CT molecular complexity index is 4270. The van der Waals surface area contributed by atoms with Gasteiger partial charge in [0.15, 0.2) is 0 Å². The number of carbonyl (C=O) groups excluding carboxylic acids is 6. The lowest BCUT2D eigenvalue weighted by Crippen LogP contribution is -2.62. The van der Waals surface area contributed by atoms with E-state index < -0.39 is 34.2 Å². The Kier molecular flexibility index (Phi) is 29.5. The van der Waals surface area contributed by atoms with Crippen LogP contribution >= 0.6 is 104 Å². The summed E-state index contributed by atoms with van der Waals surface area (Å²) in [7, 11) is 3.68. The quantitative estimate of drug-likeness (QED) is 0.0535. The van der Waals surface area contributed by atoms with E-state index in [1.807, 2.05) is 99.3 Å². The maximum atomic E-state index is 16.2. The number of carbonyl (C=O) groups is 6. The van der Waals surface area contributed by atoms with Crippen LogP contribution in [0.2, 0.25) is 45.2 Å². The van der Waals surface area contributed by atoms with E-state index in [0.29, 0.717) is 127 Å². The molecule has 6 fully saturated rings. The Morgan fingerprint density at radius 1 is 0.500 bits per heavy atom. The lowest BCUT2D eigenvalue weighted by molar-refractivity contribution is -0.142. The molecule has 12 rings (SSSR count). The van der Waals surface area contributed by atoms with Crippen LogP contribution in [0.25, 0.3) is 0 Å². The van der Waals surface area contributed by atoms with Crippen molar-refractivity contribution in [2.45, 2.75) is 177 Å². The van der Waals surface area contributed by atoms with Gasteiger partial charge >= 0.3 is 0 Å². The molecule has 6 unspecified atom stereocenters. The average molecular weight is 1680 g/mol. The molecule has 6 aromatic carbocycles. The molecule has 0 spiro atoms. The summed E-state index contributed by atoms with van der Waals surface area (Å²) in [5, 5.41) is 16.7. The number of rotatable bonds is 26. The summed E-state index contributed by atoms with van der Waals surface area (Å²) in [4.78, 5) is 101. The highest BCUT2D eigenvalue weighted by atomic mass is 35.5. The molecular weight excluding hydrogens is 1580 g/mol. The number of aryl methyl sites for hydroxylation is 1. The molecule has 110 heavy (non-hydrogen) atoms. The van der Waals surface area contributed by atoms with Gasteiger partial charge in [0.1, 0.15) is 0 Å². The first-order valence-corrected chi connectivity index (χ1v) is 42.0. The number of hydrogen-bond donors (Lipinski definition) is 2. The van der Waals surface area contributed by atoms with E-state index in [2.05, 4.69) is 61.0 Å². The van der Waals surface area contributed by atoms with E-state index in [1.54, 1.807) is 47.4 Å². The normalized spacial score (nSPS) is 19.9. The predicted octanol–water partition coefficient (Wildman–Crippen LogP) is 17.2. The Morgan fingerprint density at radius 2 is 0.945 bits per heavy atom. The minimum Gasteiger partial charge on any atom is -0.394 e. The number of aliphatic hydroxyl groups is 1. The number of nitrogens with zero attached hydrogens (tertiary/aromatic N) is 8. The Morgan fingerprint density at radius 3 is 1.42 bits per heavy atom. The number of aliphatic hydroxyl groups excluding tert-OH is 1. The number of benzene rings is 6. The zero-order valence-electron chi connectivity index (χ0n) is 63.7. The predicted molar refractivity (Wildman–Crippen MR) is 444 cm³/mol. The average Bonchev–Trinajstić information content (AvgIpc) is 0.959. The van der Waals surface area contributed by atoms with Crippen LogP contribution in [0.4, 0.5) is 0 Å². The second-order valence-corrected chi connectivity index (χ2v) is 35.3.